The van der Waals surface area contributed by atoms with Gasteiger partial charge in [0, 0.05) is 13.0 Å². The average Bonchev–Trinajstić information content (AvgIpc) is 3.09. The lowest BCUT2D eigenvalue weighted by atomic mass is 10.1. The van der Waals surface area contributed by atoms with Crippen molar-refractivity contribution in [2.45, 2.75) is 90.9 Å². The maximum Gasteiger partial charge on any atom is 0.305 e. The molecule has 0 aromatic carbocycles. The van der Waals surface area contributed by atoms with Crippen molar-refractivity contribution in [3.63, 3.8) is 0 Å². The summed E-state index contributed by atoms with van der Waals surface area (Å²) in [5, 5.41) is 0. The van der Waals surface area contributed by atoms with Gasteiger partial charge in [-0.25, -0.2) is 0 Å². The minimum absolute atomic E-state index is 0.156. The zero-order valence-electron chi connectivity index (χ0n) is 30.7. The van der Waals surface area contributed by atoms with Crippen molar-refractivity contribution in [1.29, 1.82) is 0 Å². The fraction of sp³-hybridized carbons (Fsp3) is 0.972. The largest absolute Gasteiger partial charge is 0.463 e. The Hall–Kier alpha value is -0.930. The molecule has 0 bridgehead atoms. The zero-order valence-corrected chi connectivity index (χ0v) is 30.7. The summed E-state index contributed by atoms with van der Waals surface area (Å²) in [4.78, 5) is 11.5. The van der Waals surface area contributed by atoms with E-state index in [0.717, 1.165) is 32.3 Å². The first-order valence-corrected chi connectivity index (χ1v) is 18.7. The van der Waals surface area contributed by atoms with E-state index in [1.54, 1.807) is 0 Å². The highest BCUT2D eigenvalue weighted by molar-refractivity contribution is 5.69. The van der Waals surface area contributed by atoms with Crippen LogP contribution in [0.15, 0.2) is 0 Å². The lowest BCUT2D eigenvalue weighted by Crippen LogP contribution is -2.15. The second kappa shape index (κ2) is 44.1. The van der Waals surface area contributed by atoms with Crippen LogP contribution in [0.25, 0.3) is 0 Å². The minimum atomic E-state index is -0.156. The van der Waals surface area contributed by atoms with Crippen molar-refractivity contribution in [2.75, 3.05) is 139 Å². The molecular weight excluding hydrogens is 624 g/mol. The summed E-state index contributed by atoms with van der Waals surface area (Å²) >= 11 is 0. The number of unbranched alkanes of at least 4 members (excludes halogenated alkanes) is 9. The molecule has 0 N–H and O–H groups in total. The summed E-state index contributed by atoms with van der Waals surface area (Å²) < 4.78 is 60.0. The van der Waals surface area contributed by atoms with E-state index in [0.29, 0.717) is 132 Å². The van der Waals surface area contributed by atoms with E-state index < -0.39 is 0 Å². The molecule has 12 nitrogen and oxygen atoms in total. The zero-order chi connectivity index (χ0) is 34.7. The van der Waals surface area contributed by atoms with Crippen molar-refractivity contribution in [2.24, 2.45) is 0 Å². The first kappa shape index (κ1) is 47.1. The van der Waals surface area contributed by atoms with Crippen molar-refractivity contribution in [3.05, 3.63) is 0 Å². The molecular formula is C36H72O12. The molecule has 0 aliphatic carbocycles. The van der Waals surface area contributed by atoms with Crippen LogP contribution in [0.5, 0.6) is 0 Å². The number of esters is 1. The van der Waals surface area contributed by atoms with Crippen LogP contribution in [-0.2, 0) is 56.9 Å². The molecule has 0 radical (unpaired) electrons. The molecule has 0 aliphatic heterocycles. The van der Waals surface area contributed by atoms with Crippen LogP contribution >= 0.6 is 0 Å². The lowest BCUT2D eigenvalue weighted by molar-refractivity contribution is -0.145. The van der Waals surface area contributed by atoms with E-state index in [1.807, 2.05) is 0 Å². The van der Waals surface area contributed by atoms with Gasteiger partial charge < -0.3 is 52.1 Å². The van der Waals surface area contributed by atoms with Gasteiger partial charge >= 0.3 is 5.97 Å². The van der Waals surface area contributed by atoms with Gasteiger partial charge in [0.2, 0.25) is 0 Å². The Bertz CT molecular complexity index is 599. The Labute approximate surface area is 292 Å². The third kappa shape index (κ3) is 43.1. The van der Waals surface area contributed by atoms with Gasteiger partial charge in [0.05, 0.1) is 126 Å². The highest BCUT2D eigenvalue weighted by atomic mass is 16.6. The van der Waals surface area contributed by atoms with E-state index in [1.165, 1.54) is 44.9 Å². The Balaban J connectivity index is 3.07. The Morgan fingerprint density at radius 1 is 0.292 bits per heavy atom. The van der Waals surface area contributed by atoms with Gasteiger partial charge in [0.15, 0.2) is 0 Å². The third-order valence-electron chi connectivity index (χ3n) is 6.97. The molecule has 0 unspecified atom stereocenters. The predicted octanol–water partition coefficient (Wildman–Crippen LogP) is 5.42. The number of carbonyl (C=O) groups is 1. The third-order valence-corrected chi connectivity index (χ3v) is 6.97. The standard InChI is InChI=1S/C36H72O12/c1-3-5-7-8-9-10-11-13-15-38-16-17-39-18-19-40-20-21-41-22-23-42-24-25-43-26-27-44-28-29-45-30-31-46-32-33-47-34-35-48-36(37)14-12-6-4-2/h3-35H2,1-2H3. The molecule has 0 aliphatic rings. The summed E-state index contributed by atoms with van der Waals surface area (Å²) in [7, 11) is 0. The Morgan fingerprint density at radius 3 is 0.875 bits per heavy atom. The molecule has 0 heterocycles. The summed E-state index contributed by atoms with van der Waals surface area (Å²) in [5.74, 6) is -0.156. The first-order chi connectivity index (χ1) is 23.8. The highest BCUT2D eigenvalue weighted by Crippen LogP contribution is 2.08. The summed E-state index contributed by atoms with van der Waals surface area (Å²) in [6.45, 7) is 15.3. The normalized spacial score (nSPS) is 11.5. The molecule has 288 valence electrons. The van der Waals surface area contributed by atoms with Crippen molar-refractivity contribution >= 4 is 5.97 Å². The quantitative estimate of drug-likeness (QED) is 0.0599. The van der Waals surface area contributed by atoms with Crippen molar-refractivity contribution in [1.82, 2.24) is 0 Å². The van der Waals surface area contributed by atoms with E-state index >= 15 is 0 Å². The maximum atomic E-state index is 11.5. The van der Waals surface area contributed by atoms with Crippen LogP contribution < -0.4 is 0 Å². The lowest BCUT2D eigenvalue weighted by Gasteiger charge is -2.09. The Morgan fingerprint density at radius 2 is 0.542 bits per heavy atom. The molecule has 0 saturated carbocycles. The monoisotopic (exact) mass is 697 g/mol. The van der Waals surface area contributed by atoms with Gasteiger partial charge in [-0.1, -0.05) is 71.6 Å². The molecule has 12 heteroatoms. The van der Waals surface area contributed by atoms with E-state index in [2.05, 4.69) is 13.8 Å². The van der Waals surface area contributed by atoms with Crippen LogP contribution in [0.3, 0.4) is 0 Å². The smallest absolute Gasteiger partial charge is 0.305 e. The van der Waals surface area contributed by atoms with Crippen LogP contribution in [0, 0.1) is 0 Å². The van der Waals surface area contributed by atoms with Crippen LogP contribution in [0.2, 0.25) is 0 Å². The fourth-order valence-corrected chi connectivity index (χ4v) is 4.23. The van der Waals surface area contributed by atoms with Crippen LogP contribution in [0.4, 0.5) is 0 Å². The molecule has 0 fully saturated rings. The number of hydrogen-bond donors (Lipinski definition) is 0. The number of rotatable bonds is 43. The fourth-order valence-electron chi connectivity index (χ4n) is 4.23. The van der Waals surface area contributed by atoms with Gasteiger partial charge in [-0.15, -0.1) is 0 Å². The van der Waals surface area contributed by atoms with E-state index in [4.69, 9.17) is 52.1 Å². The maximum absolute atomic E-state index is 11.5. The van der Waals surface area contributed by atoms with Crippen molar-refractivity contribution < 1.29 is 56.9 Å². The SMILES string of the molecule is CCCCCCCCCCOCCOCCOCCOCCOCCOCCOCCOCCOCCOCCOC(=O)CCCCC. The average molecular weight is 697 g/mol. The summed E-state index contributed by atoms with van der Waals surface area (Å²) in [5.41, 5.74) is 0. The number of carbonyl (C=O) groups excluding carboxylic acids is 1. The highest BCUT2D eigenvalue weighted by Gasteiger charge is 2.02. The molecule has 0 aromatic heterocycles. The molecule has 0 rings (SSSR count). The molecule has 48 heavy (non-hydrogen) atoms. The molecule has 0 spiro atoms. The molecule has 0 saturated heterocycles. The first-order valence-electron chi connectivity index (χ1n) is 18.7. The van der Waals surface area contributed by atoms with Gasteiger partial charge in [-0.2, -0.15) is 0 Å². The number of hydrogen-bond acceptors (Lipinski definition) is 12. The van der Waals surface area contributed by atoms with Crippen molar-refractivity contribution in [3.8, 4) is 0 Å². The minimum Gasteiger partial charge on any atom is -0.463 e. The van der Waals surface area contributed by atoms with Gasteiger partial charge in [0.1, 0.15) is 6.61 Å². The second-order valence-corrected chi connectivity index (χ2v) is 11.3. The summed E-state index contributed by atoms with van der Waals surface area (Å²) in [6, 6.07) is 0. The van der Waals surface area contributed by atoms with Crippen LogP contribution in [-0.4, -0.2) is 145 Å². The second-order valence-electron chi connectivity index (χ2n) is 11.3. The Kier molecular flexibility index (Phi) is 43.2. The van der Waals surface area contributed by atoms with Gasteiger partial charge in [0.25, 0.3) is 0 Å². The predicted molar refractivity (Wildman–Crippen MR) is 186 cm³/mol. The number of ether oxygens (including phenoxy) is 11. The van der Waals surface area contributed by atoms with E-state index in [9.17, 15) is 4.79 Å². The van der Waals surface area contributed by atoms with Crippen LogP contribution in [0.1, 0.15) is 90.9 Å². The topological polar surface area (TPSA) is 119 Å². The summed E-state index contributed by atoms with van der Waals surface area (Å²) in [6.07, 6.45) is 14.0. The molecule has 0 amide bonds. The van der Waals surface area contributed by atoms with Gasteiger partial charge in [-0.3, -0.25) is 4.79 Å². The molecule has 0 atom stereocenters. The van der Waals surface area contributed by atoms with E-state index in [-0.39, 0.29) is 12.6 Å². The molecule has 0 aromatic rings. The van der Waals surface area contributed by atoms with Gasteiger partial charge in [-0.05, 0) is 12.8 Å².